The monoisotopic (exact) mass is 420 g/mol. The van der Waals surface area contributed by atoms with Crippen LogP contribution in [0.1, 0.15) is 58.4 Å². The van der Waals surface area contributed by atoms with Crippen molar-refractivity contribution in [2.45, 2.75) is 65.3 Å². The molecule has 6 heteroatoms. The normalized spacial score (nSPS) is 15.6. The highest BCUT2D eigenvalue weighted by Gasteiger charge is 2.26. The van der Waals surface area contributed by atoms with E-state index in [1.807, 2.05) is 23.1 Å². The van der Waals surface area contributed by atoms with E-state index in [2.05, 4.69) is 37.5 Å². The number of nitrogens with one attached hydrogen (secondary N) is 2. The van der Waals surface area contributed by atoms with E-state index in [4.69, 9.17) is 16.6 Å². The molecule has 1 aromatic carbocycles. The van der Waals surface area contributed by atoms with Crippen molar-refractivity contribution in [1.82, 2.24) is 15.5 Å². The van der Waals surface area contributed by atoms with E-state index < -0.39 is 0 Å². The van der Waals surface area contributed by atoms with Gasteiger partial charge in [0.1, 0.15) is 0 Å². The molecule has 1 heterocycles. The smallest absolute Gasteiger partial charge is 0.225 e. The number of carbonyl (C=O) groups is 1. The molecule has 0 aliphatic carbocycles. The summed E-state index contributed by atoms with van der Waals surface area (Å²) in [5.41, 5.74) is 1.18. The van der Waals surface area contributed by atoms with E-state index in [1.165, 1.54) is 5.56 Å². The minimum absolute atomic E-state index is 0.177. The van der Waals surface area contributed by atoms with Crippen molar-refractivity contribution in [1.29, 1.82) is 0 Å². The summed E-state index contributed by atoms with van der Waals surface area (Å²) in [4.78, 5) is 19.3. The number of hydrogen-bond donors (Lipinski definition) is 2. The van der Waals surface area contributed by atoms with Crippen molar-refractivity contribution < 1.29 is 4.79 Å². The van der Waals surface area contributed by atoms with Crippen molar-refractivity contribution in [3.05, 3.63) is 34.9 Å². The lowest BCUT2D eigenvalue weighted by molar-refractivity contribution is -0.136. The topological polar surface area (TPSA) is 56.7 Å². The number of likely N-dealkylation sites (tertiary alicyclic amines) is 1. The Morgan fingerprint density at radius 2 is 1.90 bits per heavy atom. The van der Waals surface area contributed by atoms with Crippen LogP contribution in [0.25, 0.3) is 0 Å². The quantitative estimate of drug-likeness (QED) is 0.356. The van der Waals surface area contributed by atoms with Crippen LogP contribution in [-0.2, 0) is 11.2 Å². The van der Waals surface area contributed by atoms with Gasteiger partial charge in [-0.05, 0) is 57.1 Å². The van der Waals surface area contributed by atoms with Gasteiger partial charge in [0.25, 0.3) is 0 Å². The van der Waals surface area contributed by atoms with Crippen molar-refractivity contribution in [3.63, 3.8) is 0 Å². The molecule has 2 rings (SSSR count). The van der Waals surface area contributed by atoms with Crippen molar-refractivity contribution in [2.24, 2.45) is 10.9 Å². The van der Waals surface area contributed by atoms with Crippen LogP contribution < -0.4 is 10.6 Å². The van der Waals surface area contributed by atoms with Gasteiger partial charge in [-0.2, -0.15) is 0 Å². The molecule has 1 aliphatic rings. The Labute approximate surface area is 181 Å². The average molecular weight is 421 g/mol. The Morgan fingerprint density at radius 3 is 2.52 bits per heavy atom. The zero-order chi connectivity index (χ0) is 21.1. The summed E-state index contributed by atoms with van der Waals surface area (Å²) in [5, 5.41) is 7.73. The molecule has 162 valence electrons. The number of halogens is 1. The Morgan fingerprint density at radius 1 is 1.21 bits per heavy atom. The number of carbonyl (C=O) groups excluding carboxylic acids is 1. The highest BCUT2D eigenvalue weighted by molar-refractivity contribution is 6.31. The number of benzene rings is 1. The lowest BCUT2D eigenvalue weighted by Crippen LogP contribution is -2.50. The largest absolute Gasteiger partial charge is 0.357 e. The Balaban J connectivity index is 1.79. The molecule has 0 saturated carbocycles. The maximum atomic E-state index is 12.6. The van der Waals surface area contributed by atoms with Crippen LogP contribution in [0, 0.1) is 5.92 Å². The van der Waals surface area contributed by atoms with Gasteiger partial charge in [-0.1, -0.05) is 43.6 Å². The highest BCUT2D eigenvalue weighted by Crippen LogP contribution is 2.18. The number of rotatable bonds is 9. The van der Waals surface area contributed by atoms with E-state index in [0.717, 1.165) is 75.7 Å². The molecular weight excluding hydrogens is 384 g/mol. The molecule has 0 aromatic heterocycles. The number of nitrogens with zero attached hydrogens (tertiary/aromatic N) is 2. The molecule has 1 aromatic rings. The van der Waals surface area contributed by atoms with Crippen molar-refractivity contribution in [3.8, 4) is 0 Å². The fourth-order valence-corrected chi connectivity index (χ4v) is 4.05. The summed E-state index contributed by atoms with van der Waals surface area (Å²) in [6.07, 6.45) is 5.69. The van der Waals surface area contributed by atoms with Crippen LogP contribution in [0.4, 0.5) is 0 Å². The molecule has 2 N–H and O–H groups in total. The average Bonchev–Trinajstić information content (AvgIpc) is 2.73. The lowest BCUT2D eigenvalue weighted by Gasteiger charge is -2.34. The third-order valence-corrected chi connectivity index (χ3v) is 6.03. The maximum Gasteiger partial charge on any atom is 0.225 e. The molecule has 1 saturated heterocycles. The summed E-state index contributed by atoms with van der Waals surface area (Å²) in [7, 11) is 0. The number of guanidine groups is 1. The van der Waals surface area contributed by atoms with Gasteiger partial charge in [0.05, 0.1) is 0 Å². The van der Waals surface area contributed by atoms with Gasteiger partial charge in [-0.15, -0.1) is 0 Å². The Hall–Kier alpha value is -1.75. The summed E-state index contributed by atoms with van der Waals surface area (Å²) < 4.78 is 0. The van der Waals surface area contributed by atoms with E-state index in [-0.39, 0.29) is 5.92 Å². The van der Waals surface area contributed by atoms with Gasteiger partial charge in [-0.25, -0.2) is 0 Å². The minimum atomic E-state index is 0.177. The lowest BCUT2D eigenvalue weighted by atomic mass is 9.98. The van der Waals surface area contributed by atoms with E-state index in [0.29, 0.717) is 11.9 Å². The molecule has 1 aliphatic heterocycles. The second-order valence-electron chi connectivity index (χ2n) is 7.71. The predicted octanol–water partition coefficient (Wildman–Crippen LogP) is 4.25. The summed E-state index contributed by atoms with van der Waals surface area (Å²) in [6, 6.07) is 8.36. The van der Waals surface area contributed by atoms with Gasteiger partial charge in [0, 0.05) is 43.2 Å². The van der Waals surface area contributed by atoms with Crippen LogP contribution in [0.3, 0.4) is 0 Å². The fraction of sp³-hybridized carbons (Fsp3) is 0.652. The third-order valence-electron chi connectivity index (χ3n) is 5.66. The molecule has 0 unspecified atom stereocenters. The number of amides is 1. The first-order valence-electron chi connectivity index (χ1n) is 11.2. The van der Waals surface area contributed by atoms with Crippen LogP contribution in [-0.4, -0.2) is 49.0 Å². The van der Waals surface area contributed by atoms with Crippen molar-refractivity contribution >= 4 is 23.5 Å². The molecule has 1 amide bonds. The second kappa shape index (κ2) is 12.7. The molecule has 5 nitrogen and oxygen atoms in total. The second-order valence-corrected chi connectivity index (χ2v) is 8.12. The summed E-state index contributed by atoms with van der Waals surface area (Å²) in [5.74, 6) is 1.38. The molecule has 0 atom stereocenters. The van der Waals surface area contributed by atoms with Gasteiger partial charge >= 0.3 is 0 Å². The van der Waals surface area contributed by atoms with E-state index in [9.17, 15) is 4.79 Å². The predicted molar refractivity (Wildman–Crippen MR) is 123 cm³/mol. The highest BCUT2D eigenvalue weighted by atomic mass is 35.5. The first-order chi connectivity index (χ1) is 14.1. The van der Waals surface area contributed by atoms with Crippen LogP contribution >= 0.6 is 11.6 Å². The van der Waals surface area contributed by atoms with Gasteiger partial charge in [-0.3, -0.25) is 9.79 Å². The number of aliphatic imine (C=N–C) groups is 1. The molecular formula is C23H37ClN4O. The third kappa shape index (κ3) is 7.54. The maximum absolute atomic E-state index is 12.6. The Bertz CT molecular complexity index is 652. The van der Waals surface area contributed by atoms with Gasteiger partial charge < -0.3 is 15.5 Å². The van der Waals surface area contributed by atoms with E-state index >= 15 is 0 Å². The van der Waals surface area contributed by atoms with Gasteiger partial charge in [0.15, 0.2) is 5.96 Å². The van der Waals surface area contributed by atoms with Gasteiger partial charge in [0.2, 0.25) is 5.91 Å². The fourth-order valence-electron chi connectivity index (χ4n) is 3.82. The Kier molecular flexibility index (Phi) is 10.3. The summed E-state index contributed by atoms with van der Waals surface area (Å²) >= 11 is 6.23. The molecule has 0 bridgehead atoms. The summed E-state index contributed by atoms with van der Waals surface area (Å²) in [6.45, 7) is 9.54. The molecule has 1 fully saturated rings. The standard InChI is InChI=1S/C23H37ClN4O/c1-4-18(5-2)22(29)28-16-13-20(14-17-28)27-23(25-6-3)26-15-9-11-19-10-7-8-12-21(19)24/h7-8,10,12,18,20H,4-6,9,11,13-17H2,1-3H3,(H2,25,26,27). The van der Waals surface area contributed by atoms with E-state index in [1.54, 1.807) is 0 Å². The molecule has 29 heavy (non-hydrogen) atoms. The SMILES string of the molecule is CCNC(=NCCCc1ccccc1Cl)NC1CCN(C(=O)C(CC)CC)CC1. The molecule has 0 radical (unpaired) electrons. The number of aryl methyl sites for hydroxylation is 1. The van der Waals surface area contributed by atoms with Crippen molar-refractivity contribution in [2.75, 3.05) is 26.2 Å². The number of piperidine rings is 1. The first-order valence-corrected chi connectivity index (χ1v) is 11.5. The van der Waals surface area contributed by atoms with Crippen LogP contribution in [0.15, 0.2) is 29.3 Å². The number of hydrogen-bond acceptors (Lipinski definition) is 2. The zero-order valence-corrected chi connectivity index (χ0v) is 19.0. The molecule has 0 spiro atoms. The zero-order valence-electron chi connectivity index (χ0n) is 18.2. The minimum Gasteiger partial charge on any atom is -0.357 e. The first kappa shape index (κ1) is 23.5. The van der Waals surface area contributed by atoms with Crippen LogP contribution in [0.2, 0.25) is 5.02 Å². The van der Waals surface area contributed by atoms with Crippen LogP contribution in [0.5, 0.6) is 0 Å².